The highest BCUT2D eigenvalue weighted by atomic mass is 35.5. The summed E-state index contributed by atoms with van der Waals surface area (Å²) in [5, 5.41) is 3.79. The number of carbonyl (C=O) groups excluding carboxylic acids is 2. The number of halogens is 1. The molecule has 7 heteroatoms. The first-order valence-electron chi connectivity index (χ1n) is 12.5. The lowest BCUT2D eigenvalue weighted by Crippen LogP contribution is -2.52. The molecule has 0 aliphatic carbocycles. The highest BCUT2D eigenvalue weighted by molar-refractivity contribution is 7.99. The second kappa shape index (κ2) is 14.7. The van der Waals surface area contributed by atoms with E-state index < -0.39 is 6.04 Å². The lowest BCUT2D eigenvalue weighted by atomic mass is 10.0. The second-order valence-corrected chi connectivity index (χ2v) is 10.6. The number of nitrogens with zero attached hydrogens (tertiary/aromatic N) is 1. The van der Waals surface area contributed by atoms with E-state index in [-0.39, 0.29) is 17.9 Å². The van der Waals surface area contributed by atoms with Crippen LogP contribution in [-0.2, 0) is 22.6 Å². The maximum Gasteiger partial charge on any atom is 0.243 e. The molecule has 0 spiro atoms. The minimum Gasteiger partial charge on any atom is -0.497 e. The molecule has 1 N–H and O–H groups in total. The van der Waals surface area contributed by atoms with Gasteiger partial charge >= 0.3 is 0 Å². The van der Waals surface area contributed by atoms with Crippen LogP contribution in [0.1, 0.15) is 37.8 Å². The van der Waals surface area contributed by atoms with Gasteiger partial charge < -0.3 is 15.0 Å². The number of methoxy groups -OCH3 is 1. The van der Waals surface area contributed by atoms with Crippen LogP contribution < -0.4 is 10.1 Å². The van der Waals surface area contributed by atoms with Gasteiger partial charge in [-0.25, -0.2) is 0 Å². The molecule has 0 heterocycles. The monoisotopic (exact) mass is 538 g/mol. The lowest BCUT2D eigenvalue weighted by molar-refractivity contribution is -0.141. The van der Waals surface area contributed by atoms with Crippen LogP contribution in [0.5, 0.6) is 5.75 Å². The Hall–Kier alpha value is -2.96. The number of hydrogen-bond acceptors (Lipinski definition) is 4. The molecular weight excluding hydrogens is 504 g/mol. The van der Waals surface area contributed by atoms with Crippen LogP contribution in [0.15, 0.2) is 83.8 Å². The molecule has 0 saturated heterocycles. The Morgan fingerprint density at radius 1 is 1.00 bits per heavy atom. The van der Waals surface area contributed by atoms with Crippen LogP contribution in [0, 0.1) is 0 Å². The van der Waals surface area contributed by atoms with Gasteiger partial charge in [-0.05, 0) is 60.9 Å². The topological polar surface area (TPSA) is 58.6 Å². The quantitative estimate of drug-likeness (QED) is 0.256. The normalized spacial score (nSPS) is 12.4. The number of hydrogen-bond donors (Lipinski definition) is 1. The van der Waals surface area contributed by atoms with Gasteiger partial charge in [-0.2, -0.15) is 0 Å². The summed E-state index contributed by atoms with van der Waals surface area (Å²) < 4.78 is 5.39. The number of nitrogens with one attached hydrogen (secondary N) is 1. The van der Waals surface area contributed by atoms with Gasteiger partial charge in [0.25, 0.3) is 0 Å². The average Bonchev–Trinajstić information content (AvgIpc) is 2.92. The van der Waals surface area contributed by atoms with Crippen molar-refractivity contribution < 1.29 is 14.3 Å². The fourth-order valence-electron chi connectivity index (χ4n) is 3.89. The van der Waals surface area contributed by atoms with Gasteiger partial charge in [-0.15, -0.1) is 11.8 Å². The van der Waals surface area contributed by atoms with Gasteiger partial charge in [0, 0.05) is 41.1 Å². The smallest absolute Gasteiger partial charge is 0.243 e. The van der Waals surface area contributed by atoms with Gasteiger partial charge in [-0.1, -0.05) is 61.0 Å². The second-order valence-electron chi connectivity index (χ2n) is 8.95. The van der Waals surface area contributed by atoms with Crippen molar-refractivity contribution in [2.75, 3.05) is 12.9 Å². The SMILES string of the molecule is CC[C@@H](C)NC(=O)[C@@H](Cc1ccccc1)N(Cc1cccc(OC)c1)C(=O)CCSc1ccc(Cl)cc1. The van der Waals surface area contributed by atoms with E-state index in [2.05, 4.69) is 5.32 Å². The highest BCUT2D eigenvalue weighted by Gasteiger charge is 2.30. The Balaban J connectivity index is 1.86. The molecule has 0 radical (unpaired) electrons. The Bertz CT molecular complexity index is 1140. The third-order valence-electron chi connectivity index (χ3n) is 6.16. The highest BCUT2D eigenvalue weighted by Crippen LogP contribution is 2.23. The molecule has 2 atom stereocenters. The predicted octanol–water partition coefficient (Wildman–Crippen LogP) is 6.39. The third kappa shape index (κ3) is 9.13. The van der Waals surface area contributed by atoms with E-state index >= 15 is 0 Å². The minimum atomic E-state index is -0.643. The first-order valence-corrected chi connectivity index (χ1v) is 13.9. The van der Waals surface area contributed by atoms with Crippen molar-refractivity contribution in [3.63, 3.8) is 0 Å². The summed E-state index contributed by atoms with van der Waals surface area (Å²) in [4.78, 5) is 30.0. The van der Waals surface area contributed by atoms with E-state index in [1.165, 1.54) is 0 Å². The van der Waals surface area contributed by atoms with Crippen molar-refractivity contribution in [2.45, 2.75) is 56.6 Å². The zero-order chi connectivity index (χ0) is 26.6. The van der Waals surface area contributed by atoms with Crippen LogP contribution in [-0.4, -0.2) is 41.7 Å². The molecule has 2 amide bonds. The molecule has 0 unspecified atom stereocenters. The minimum absolute atomic E-state index is 0.0139. The van der Waals surface area contributed by atoms with Gasteiger partial charge in [-0.3, -0.25) is 9.59 Å². The summed E-state index contributed by atoms with van der Waals surface area (Å²) in [6.45, 7) is 4.33. The summed E-state index contributed by atoms with van der Waals surface area (Å²) in [6, 6.07) is 24.4. The molecule has 0 aliphatic heterocycles. The van der Waals surface area contributed by atoms with Crippen LogP contribution in [0.3, 0.4) is 0 Å². The zero-order valence-corrected chi connectivity index (χ0v) is 23.2. The molecule has 0 fully saturated rings. The standard InChI is InChI=1S/C30H35ClN2O3S/c1-4-22(2)32-30(35)28(20-23-9-6-5-7-10-23)33(21-24-11-8-12-26(19-24)36-3)29(34)17-18-37-27-15-13-25(31)14-16-27/h5-16,19,22,28H,4,17-18,20-21H2,1-3H3,(H,32,35)/t22-,28-/m1/s1. The van der Waals surface area contributed by atoms with Gasteiger partial charge in [0.1, 0.15) is 11.8 Å². The number of amides is 2. The molecule has 0 aliphatic rings. The van der Waals surface area contributed by atoms with E-state index in [9.17, 15) is 9.59 Å². The van der Waals surface area contributed by atoms with Crippen molar-refractivity contribution in [3.8, 4) is 5.75 Å². The van der Waals surface area contributed by atoms with E-state index in [0.29, 0.717) is 35.9 Å². The molecule has 3 rings (SSSR count). The maximum atomic E-state index is 13.7. The first kappa shape index (κ1) is 28.6. The van der Waals surface area contributed by atoms with Gasteiger partial charge in [0.2, 0.25) is 11.8 Å². The van der Waals surface area contributed by atoms with E-state index in [1.54, 1.807) is 23.8 Å². The summed E-state index contributed by atoms with van der Waals surface area (Å²) in [7, 11) is 1.62. The lowest BCUT2D eigenvalue weighted by Gasteiger charge is -2.32. The van der Waals surface area contributed by atoms with Gasteiger partial charge in [0.05, 0.1) is 7.11 Å². The Morgan fingerprint density at radius 2 is 1.70 bits per heavy atom. The Kier molecular flexibility index (Phi) is 11.4. The van der Waals surface area contributed by atoms with Crippen molar-refractivity contribution >= 4 is 35.2 Å². The third-order valence-corrected chi connectivity index (χ3v) is 7.42. The van der Waals surface area contributed by atoms with E-state index in [1.807, 2.05) is 92.7 Å². The molecule has 3 aromatic rings. The van der Waals surface area contributed by atoms with Crippen LogP contribution in [0.2, 0.25) is 5.02 Å². The number of thioether (sulfide) groups is 1. The maximum absolute atomic E-state index is 13.7. The van der Waals surface area contributed by atoms with Crippen molar-refractivity contribution in [1.29, 1.82) is 0 Å². The first-order chi connectivity index (χ1) is 17.9. The molecule has 196 valence electrons. The molecule has 37 heavy (non-hydrogen) atoms. The zero-order valence-electron chi connectivity index (χ0n) is 21.7. The fourth-order valence-corrected chi connectivity index (χ4v) is 4.86. The molecule has 5 nitrogen and oxygen atoms in total. The number of ether oxygens (including phenoxy) is 1. The molecule has 0 aromatic heterocycles. The van der Waals surface area contributed by atoms with E-state index in [4.69, 9.17) is 16.3 Å². The van der Waals surface area contributed by atoms with Crippen molar-refractivity contribution in [2.24, 2.45) is 0 Å². The van der Waals surface area contributed by atoms with Crippen LogP contribution in [0.25, 0.3) is 0 Å². The number of rotatable bonds is 13. The number of benzene rings is 3. The summed E-state index contributed by atoms with van der Waals surface area (Å²) >= 11 is 7.60. The van der Waals surface area contributed by atoms with Crippen LogP contribution in [0.4, 0.5) is 0 Å². The van der Waals surface area contributed by atoms with E-state index in [0.717, 1.165) is 22.4 Å². The molecule has 0 bridgehead atoms. The summed E-state index contributed by atoms with van der Waals surface area (Å²) in [6.07, 6.45) is 1.55. The molecule has 3 aromatic carbocycles. The van der Waals surface area contributed by atoms with Crippen molar-refractivity contribution in [3.05, 3.63) is 95.0 Å². The predicted molar refractivity (Wildman–Crippen MR) is 152 cm³/mol. The summed E-state index contributed by atoms with van der Waals surface area (Å²) in [5.41, 5.74) is 1.92. The summed E-state index contributed by atoms with van der Waals surface area (Å²) in [5.74, 6) is 1.11. The number of carbonyl (C=O) groups is 2. The molecular formula is C30H35ClN2O3S. The Labute approximate surface area is 229 Å². The average molecular weight is 539 g/mol. The Morgan fingerprint density at radius 3 is 2.38 bits per heavy atom. The fraction of sp³-hybridized carbons (Fsp3) is 0.333. The van der Waals surface area contributed by atoms with Crippen molar-refractivity contribution in [1.82, 2.24) is 10.2 Å². The largest absolute Gasteiger partial charge is 0.497 e. The molecule has 0 saturated carbocycles. The van der Waals surface area contributed by atoms with Gasteiger partial charge in [0.15, 0.2) is 0 Å². The van der Waals surface area contributed by atoms with Crippen LogP contribution >= 0.6 is 23.4 Å².